The number of halogens is 1. The summed E-state index contributed by atoms with van der Waals surface area (Å²) in [5, 5.41) is 2.79. The fraction of sp³-hybridized carbons (Fsp3) is 0.435. The van der Waals surface area contributed by atoms with Gasteiger partial charge in [0.25, 0.3) is 0 Å². The maximum atomic E-state index is 13.8. The number of benzene rings is 2. The van der Waals surface area contributed by atoms with Gasteiger partial charge in [0.2, 0.25) is 26.0 Å². The Hall–Kier alpha value is -2.54. The summed E-state index contributed by atoms with van der Waals surface area (Å²) in [7, 11) is -4.28. The second-order valence-corrected chi connectivity index (χ2v) is 12.5. The first-order valence-corrected chi connectivity index (χ1v) is 14.2. The van der Waals surface area contributed by atoms with Crippen molar-refractivity contribution in [3.63, 3.8) is 0 Å². The van der Waals surface area contributed by atoms with Gasteiger partial charge in [-0.3, -0.25) is 4.79 Å². The lowest BCUT2D eigenvalue weighted by Gasteiger charge is -2.30. The van der Waals surface area contributed by atoms with E-state index in [0.717, 1.165) is 4.31 Å². The van der Waals surface area contributed by atoms with Crippen LogP contribution in [0.1, 0.15) is 18.4 Å². The molecular weight excluding hydrogens is 497 g/mol. The zero-order chi connectivity index (χ0) is 25.6. The van der Waals surface area contributed by atoms with Gasteiger partial charge in [0.05, 0.1) is 17.2 Å². The van der Waals surface area contributed by atoms with E-state index in [4.69, 9.17) is 4.74 Å². The van der Waals surface area contributed by atoms with E-state index in [-0.39, 0.29) is 48.5 Å². The summed E-state index contributed by atoms with van der Waals surface area (Å²) in [6.45, 7) is 0.852. The number of nitrogens with one attached hydrogen (secondary N) is 1. The van der Waals surface area contributed by atoms with E-state index < -0.39 is 31.6 Å². The number of carbonyl (C=O) groups is 1. The standard InChI is InChI=1S/C23H30FN3O6S2/c1-26(2)35(31,32)21-9-7-20(8-10-21)33-16-13-25-23(28)18-11-14-27(15-12-18)34(29,30)17-19-5-3-4-6-22(19)24/h3-10,18H,11-17H2,1-2H3,(H,25,28). The van der Waals surface area contributed by atoms with Crippen molar-refractivity contribution in [3.8, 4) is 5.75 Å². The Morgan fingerprint density at radius 2 is 1.69 bits per heavy atom. The van der Waals surface area contributed by atoms with Crippen LogP contribution >= 0.6 is 0 Å². The van der Waals surface area contributed by atoms with Gasteiger partial charge in [0.15, 0.2) is 0 Å². The molecule has 0 unspecified atom stereocenters. The monoisotopic (exact) mass is 527 g/mol. The maximum Gasteiger partial charge on any atom is 0.242 e. The van der Waals surface area contributed by atoms with Crippen LogP contribution in [-0.2, 0) is 30.6 Å². The van der Waals surface area contributed by atoms with Gasteiger partial charge in [-0.05, 0) is 43.2 Å². The summed E-state index contributed by atoms with van der Waals surface area (Å²) >= 11 is 0. The summed E-state index contributed by atoms with van der Waals surface area (Å²) < 4.78 is 71.3. The molecule has 1 amide bonds. The molecule has 0 saturated carbocycles. The number of hydrogen-bond donors (Lipinski definition) is 1. The Bertz CT molecular complexity index is 1230. The first-order valence-electron chi connectivity index (χ1n) is 11.1. The maximum absolute atomic E-state index is 13.8. The highest BCUT2D eigenvalue weighted by molar-refractivity contribution is 7.89. The molecule has 2 aromatic carbocycles. The summed E-state index contributed by atoms with van der Waals surface area (Å²) in [5.74, 6) is -0.972. The minimum Gasteiger partial charge on any atom is -0.492 e. The van der Waals surface area contributed by atoms with Crippen LogP contribution in [0.15, 0.2) is 53.4 Å². The van der Waals surface area contributed by atoms with Gasteiger partial charge in [0.1, 0.15) is 18.2 Å². The molecule has 2 aromatic rings. The van der Waals surface area contributed by atoms with Crippen LogP contribution < -0.4 is 10.1 Å². The Morgan fingerprint density at radius 3 is 2.29 bits per heavy atom. The lowest BCUT2D eigenvalue weighted by Crippen LogP contribution is -2.44. The molecule has 1 fully saturated rings. The van der Waals surface area contributed by atoms with E-state index >= 15 is 0 Å². The molecule has 9 nitrogen and oxygen atoms in total. The highest BCUT2D eigenvalue weighted by Crippen LogP contribution is 2.23. The van der Waals surface area contributed by atoms with Gasteiger partial charge >= 0.3 is 0 Å². The van der Waals surface area contributed by atoms with E-state index in [2.05, 4.69) is 5.32 Å². The minimum atomic E-state index is -3.68. The molecule has 192 valence electrons. The molecule has 12 heteroatoms. The Balaban J connectivity index is 1.41. The fourth-order valence-corrected chi connectivity index (χ4v) is 6.18. The topological polar surface area (TPSA) is 113 Å². The van der Waals surface area contributed by atoms with Crippen molar-refractivity contribution in [1.82, 2.24) is 13.9 Å². The molecule has 1 heterocycles. The van der Waals surface area contributed by atoms with Crippen molar-refractivity contribution in [1.29, 1.82) is 0 Å². The molecule has 1 aliphatic rings. The highest BCUT2D eigenvalue weighted by Gasteiger charge is 2.31. The zero-order valence-corrected chi connectivity index (χ0v) is 21.3. The van der Waals surface area contributed by atoms with E-state index in [1.54, 1.807) is 18.2 Å². The fourth-order valence-electron chi connectivity index (χ4n) is 3.71. The van der Waals surface area contributed by atoms with Crippen molar-refractivity contribution in [3.05, 3.63) is 59.9 Å². The van der Waals surface area contributed by atoms with E-state index in [9.17, 15) is 26.0 Å². The second kappa shape index (κ2) is 11.5. The van der Waals surface area contributed by atoms with Gasteiger partial charge in [-0.25, -0.2) is 29.8 Å². The van der Waals surface area contributed by atoms with Crippen LogP contribution in [0.3, 0.4) is 0 Å². The summed E-state index contributed by atoms with van der Waals surface area (Å²) in [4.78, 5) is 12.6. The van der Waals surface area contributed by atoms with Crippen LogP contribution in [0.4, 0.5) is 4.39 Å². The second-order valence-electron chi connectivity index (χ2n) is 8.42. The van der Waals surface area contributed by atoms with E-state index in [0.29, 0.717) is 18.6 Å². The summed E-state index contributed by atoms with van der Waals surface area (Å²) in [6.07, 6.45) is 0.760. The molecule has 1 saturated heterocycles. The number of amides is 1. The Labute approximate surface area is 206 Å². The van der Waals surface area contributed by atoms with Crippen LogP contribution in [0.25, 0.3) is 0 Å². The summed E-state index contributed by atoms with van der Waals surface area (Å²) in [6, 6.07) is 11.8. The average Bonchev–Trinajstić information content (AvgIpc) is 2.83. The predicted octanol–water partition coefficient (Wildman–Crippen LogP) is 1.81. The third kappa shape index (κ3) is 7.00. The van der Waals surface area contributed by atoms with Crippen LogP contribution in [0.5, 0.6) is 5.75 Å². The predicted molar refractivity (Wildman–Crippen MR) is 129 cm³/mol. The quantitative estimate of drug-likeness (QED) is 0.472. The molecule has 0 aliphatic carbocycles. The third-order valence-corrected chi connectivity index (χ3v) is 9.44. The first kappa shape index (κ1) is 27.1. The molecule has 0 atom stereocenters. The first-order chi connectivity index (χ1) is 16.5. The molecule has 1 aliphatic heterocycles. The number of sulfonamides is 2. The van der Waals surface area contributed by atoms with Crippen molar-refractivity contribution >= 4 is 26.0 Å². The van der Waals surface area contributed by atoms with E-state index in [1.165, 1.54) is 48.7 Å². The SMILES string of the molecule is CN(C)S(=O)(=O)c1ccc(OCCNC(=O)C2CCN(S(=O)(=O)Cc3ccccc3F)CC2)cc1. The Kier molecular flexibility index (Phi) is 8.86. The molecular formula is C23H30FN3O6S2. The number of nitrogens with zero attached hydrogens (tertiary/aromatic N) is 2. The number of carbonyl (C=O) groups excluding carboxylic acids is 1. The van der Waals surface area contributed by atoms with Crippen LogP contribution in [-0.4, -0.2) is 71.7 Å². The number of rotatable bonds is 10. The largest absolute Gasteiger partial charge is 0.492 e. The third-order valence-electron chi connectivity index (χ3n) is 5.79. The Morgan fingerprint density at radius 1 is 1.06 bits per heavy atom. The van der Waals surface area contributed by atoms with Crippen molar-refractivity contribution in [2.24, 2.45) is 5.92 Å². The summed E-state index contributed by atoms with van der Waals surface area (Å²) in [5.41, 5.74) is 0.126. The van der Waals surface area contributed by atoms with Gasteiger partial charge in [-0.15, -0.1) is 0 Å². The van der Waals surface area contributed by atoms with Gasteiger partial charge in [0, 0.05) is 38.7 Å². The van der Waals surface area contributed by atoms with Crippen LogP contribution in [0, 0.1) is 11.7 Å². The van der Waals surface area contributed by atoms with Gasteiger partial charge < -0.3 is 10.1 Å². The minimum absolute atomic E-state index is 0.126. The van der Waals surface area contributed by atoms with E-state index in [1.807, 2.05) is 0 Å². The lowest BCUT2D eigenvalue weighted by atomic mass is 9.97. The molecule has 1 N–H and O–H groups in total. The van der Waals surface area contributed by atoms with Gasteiger partial charge in [-0.1, -0.05) is 18.2 Å². The smallest absolute Gasteiger partial charge is 0.242 e. The normalized spacial score (nSPS) is 15.8. The number of ether oxygens (including phenoxy) is 1. The van der Waals surface area contributed by atoms with Gasteiger partial charge in [-0.2, -0.15) is 0 Å². The van der Waals surface area contributed by atoms with Crippen molar-refractivity contribution < 1.29 is 30.8 Å². The molecule has 0 aromatic heterocycles. The number of hydrogen-bond acceptors (Lipinski definition) is 6. The lowest BCUT2D eigenvalue weighted by molar-refractivity contribution is -0.126. The van der Waals surface area contributed by atoms with Crippen LogP contribution in [0.2, 0.25) is 0 Å². The highest BCUT2D eigenvalue weighted by atomic mass is 32.2. The average molecular weight is 528 g/mol. The van der Waals surface area contributed by atoms with Crippen molar-refractivity contribution in [2.75, 3.05) is 40.3 Å². The van der Waals surface area contributed by atoms with Crippen molar-refractivity contribution in [2.45, 2.75) is 23.5 Å². The zero-order valence-electron chi connectivity index (χ0n) is 19.7. The molecule has 3 rings (SSSR count). The molecule has 35 heavy (non-hydrogen) atoms. The number of piperidine rings is 1. The molecule has 0 bridgehead atoms. The molecule has 0 radical (unpaired) electrons. The molecule has 0 spiro atoms.